The smallest absolute Gasteiger partial charge is 0.154 e. The molecule has 0 bridgehead atoms. The number of hydrogen-bond donors (Lipinski definition) is 4. The maximum atomic E-state index is 8.98. The molecule has 0 saturated heterocycles. The summed E-state index contributed by atoms with van der Waals surface area (Å²) in [7, 11) is 0. The molecule has 0 saturated carbocycles. The zero-order chi connectivity index (χ0) is 12.4. The molecule has 0 aliphatic carbocycles. The van der Waals surface area contributed by atoms with Crippen LogP contribution in [-0.2, 0) is 4.74 Å². The van der Waals surface area contributed by atoms with E-state index in [0.717, 1.165) is 25.7 Å². The minimum atomic E-state index is -1.23. The summed E-state index contributed by atoms with van der Waals surface area (Å²) in [5.74, 6) is -0.0666. The Morgan fingerprint density at radius 3 is 2.31 bits per heavy atom. The van der Waals surface area contributed by atoms with Gasteiger partial charge in [-0.05, 0) is 19.3 Å². The van der Waals surface area contributed by atoms with Crippen LogP contribution < -0.4 is 0 Å². The molecule has 2 atom stereocenters. The molecular formula is C11H24O5. The van der Waals surface area contributed by atoms with E-state index in [1.165, 1.54) is 0 Å². The Morgan fingerprint density at radius 1 is 1.12 bits per heavy atom. The first kappa shape index (κ1) is 15.8. The number of ether oxygens (including phenoxy) is 1. The zero-order valence-corrected chi connectivity index (χ0v) is 9.88. The number of aliphatic hydroxyl groups is 4. The molecule has 0 fully saturated rings. The Balaban J connectivity index is 3.32. The van der Waals surface area contributed by atoms with Gasteiger partial charge in [0.15, 0.2) is 6.29 Å². The topological polar surface area (TPSA) is 90.2 Å². The van der Waals surface area contributed by atoms with E-state index < -0.39 is 12.4 Å². The van der Waals surface area contributed by atoms with Gasteiger partial charge in [0.2, 0.25) is 0 Å². The van der Waals surface area contributed by atoms with Crippen molar-refractivity contribution in [2.45, 2.75) is 45.0 Å². The molecule has 0 aromatic heterocycles. The summed E-state index contributed by atoms with van der Waals surface area (Å²) in [5.41, 5.74) is 0. The third-order valence-electron chi connectivity index (χ3n) is 2.58. The van der Waals surface area contributed by atoms with Gasteiger partial charge in [-0.25, -0.2) is 0 Å². The lowest BCUT2D eigenvalue weighted by molar-refractivity contribution is -0.0875. The summed E-state index contributed by atoms with van der Waals surface area (Å²) >= 11 is 0. The largest absolute Gasteiger partial charge is 0.394 e. The van der Waals surface area contributed by atoms with Crippen molar-refractivity contribution in [3.8, 4) is 0 Å². The molecule has 0 rings (SSSR count). The van der Waals surface area contributed by atoms with E-state index in [2.05, 4.69) is 0 Å². The SMILES string of the molecule is CCC(CCCCOCC(O)CO)C(O)O. The number of hydrogen-bond acceptors (Lipinski definition) is 5. The van der Waals surface area contributed by atoms with Crippen molar-refractivity contribution in [1.82, 2.24) is 0 Å². The van der Waals surface area contributed by atoms with Gasteiger partial charge in [-0.15, -0.1) is 0 Å². The second kappa shape index (κ2) is 9.99. The summed E-state index contributed by atoms with van der Waals surface area (Å²) in [6.45, 7) is 2.32. The van der Waals surface area contributed by atoms with E-state index >= 15 is 0 Å². The summed E-state index contributed by atoms with van der Waals surface area (Å²) in [5, 5.41) is 35.5. The third-order valence-corrected chi connectivity index (χ3v) is 2.58. The van der Waals surface area contributed by atoms with E-state index in [9.17, 15) is 0 Å². The Morgan fingerprint density at radius 2 is 1.81 bits per heavy atom. The lowest BCUT2D eigenvalue weighted by Crippen LogP contribution is -2.20. The number of rotatable bonds is 10. The standard InChI is InChI=1S/C11H24O5/c1-2-9(11(14)15)5-3-4-6-16-8-10(13)7-12/h9-15H,2-8H2,1H3. The summed E-state index contributed by atoms with van der Waals surface area (Å²) < 4.78 is 5.13. The molecule has 5 heteroatoms. The minimum absolute atomic E-state index is 0.0666. The zero-order valence-electron chi connectivity index (χ0n) is 9.88. The van der Waals surface area contributed by atoms with Crippen LogP contribution in [0.4, 0.5) is 0 Å². The lowest BCUT2D eigenvalue weighted by atomic mass is 9.99. The Kier molecular flexibility index (Phi) is 9.86. The molecular weight excluding hydrogens is 212 g/mol. The predicted molar refractivity (Wildman–Crippen MR) is 59.8 cm³/mol. The maximum absolute atomic E-state index is 8.98. The van der Waals surface area contributed by atoms with Crippen molar-refractivity contribution >= 4 is 0 Å². The highest BCUT2D eigenvalue weighted by Crippen LogP contribution is 2.15. The summed E-state index contributed by atoms with van der Waals surface area (Å²) in [6, 6.07) is 0. The molecule has 0 heterocycles. The molecule has 2 unspecified atom stereocenters. The molecule has 0 aliphatic rings. The van der Waals surface area contributed by atoms with Gasteiger partial charge in [-0.1, -0.05) is 13.3 Å². The Bertz CT molecular complexity index is 151. The van der Waals surface area contributed by atoms with Crippen LogP contribution in [0.1, 0.15) is 32.6 Å². The van der Waals surface area contributed by atoms with Crippen LogP contribution in [0.5, 0.6) is 0 Å². The number of aliphatic hydroxyl groups excluding tert-OH is 3. The van der Waals surface area contributed by atoms with Crippen molar-refractivity contribution in [2.24, 2.45) is 5.92 Å². The van der Waals surface area contributed by atoms with Crippen molar-refractivity contribution in [2.75, 3.05) is 19.8 Å². The van der Waals surface area contributed by atoms with Gasteiger partial charge < -0.3 is 25.2 Å². The van der Waals surface area contributed by atoms with E-state index in [-0.39, 0.29) is 19.1 Å². The second-order valence-corrected chi connectivity index (χ2v) is 3.99. The van der Waals surface area contributed by atoms with Gasteiger partial charge in [-0.2, -0.15) is 0 Å². The van der Waals surface area contributed by atoms with Crippen molar-refractivity contribution in [3.05, 3.63) is 0 Å². The average molecular weight is 236 g/mol. The first-order chi connectivity index (χ1) is 7.61. The Hall–Kier alpha value is -0.200. The quantitative estimate of drug-likeness (QED) is 0.313. The molecule has 98 valence electrons. The van der Waals surface area contributed by atoms with Gasteiger partial charge in [0, 0.05) is 12.5 Å². The van der Waals surface area contributed by atoms with Crippen LogP contribution in [0.3, 0.4) is 0 Å². The van der Waals surface area contributed by atoms with E-state index in [1.54, 1.807) is 0 Å². The van der Waals surface area contributed by atoms with Crippen LogP contribution in [0.2, 0.25) is 0 Å². The lowest BCUT2D eigenvalue weighted by Gasteiger charge is -2.16. The fourth-order valence-corrected chi connectivity index (χ4v) is 1.45. The number of unbranched alkanes of at least 4 members (excludes halogenated alkanes) is 1. The van der Waals surface area contributed by atoms with Gasteiger partial charge in [0.25, 0.3) is 0 Å². The van der Waals surface area contributed by atoms with Gasteiger partial charge in [0.05, 0.1) is 13.2 Å². The van der Waals surface area contributed by atoms with Crippen molar-refractivity contribution in [1.29, 1.82) is 0 Å². The average Bonchev–Trinajstić information content (AvgIpc) is 2.27. The van der Waals surface area contributed by atoms with E-state index in [0.29, 0.717) is 6.61 Å². The molecule has 16 heavy (non-hydrogen) atoms. The first-order valence-electron chi connectivity index (χ1n) is 5.84. The van der Waals surface area contributed by atoms with Gasteiger partial charge >= 0.3 is 0 Å². The van der Waals surface area contributed by atoms with Crippen LogP contribution >= 0.6 is 0 Å². The van der Waals surface area contributed by atoms with Crippen LogP contribution in [0.25, 0.3) is 0 Å². The minimum Gasteiger partial charge on any atom is -0.394 e. The highest BCUT2D eigenvalue weighted by Gasteiger charge is 2.13. The molecule has 0 radical (unpaired) electrons. The van der Waals surface area contributed by atoms with Crippen molar-refractivity contribution in [3.63, 3.8) is 0 Å². The molecule has 0 aliphatic heterocycles. The molecule has 5 nitrogen and oxygen atoms in total. The fourth-order valence-electron chi connectivity index (χ4n) is 1.45. The molecule has 4 N–H and O–H groups in total. The van der Waals surface area contributed by atoms with Crippen LogP contribution in [0, 0.1) is 5.92 Å². The summed E-state index contributed by atoms with van der Waals surface area (Å²) in [6.07, 6.45) is 1.17. The molecule has 0 amide bonds. The van der Waals surface area contributed by atoms with Gasteiger partial charge in [0.1, 0.15) is 6.10 Å². The van der Waals surface area contributed by atoms with E-state index in [1.807, 2.05) is 6.92 Å². The highest BCUT2D eigenvalue weighted by molar-refractivity contribution is 4.59. The fraction of sp³-hybridized carbons (Fsp3) is 1.00. The van der Waals surface area contributed by atoms with Gasteiger partial charge in [-0.3, -0.25) is 0 Å². The molecule has 0 spiro atoms. The molecule has 0 aromatic carbocycles. The molecule has 0 aromatic rings. The van der Waals surface area contributed by atoms with Crippen LogP contribution in [0.15, 0.2) is 0 Å². The monoisotopic (exact) mass is 236 g/mol. The first-order valence-corrected chi connectivity index (χ1v) is 5.84. The maximum Gasteiger partial charge on any atom is 0.154 e. The predicted octanol–water partition coefficient (Wildman–Crippen LogP) is -0.137. The highest BCUT2D eigenvalue weighted by atomic mass is 16.5. The normalized spacial score (nSPS) is 15.4. The van der Waals surface area contributed by atoms with E-state index in [4.69, 9.17) is 25.2 Å². The third kappa shape index (κ3) is 8.01. The summed E-state index contributed by atoms with van der Waals surface area (Å²) in [4.78, 5) is 0. The van der Waals surface area contributed by atoms with Crippen molar-refractivity contribution < 1.29 is 25.2 Å². The van der Waals surface area contributed by atoms with Crippen LogP contribution in [-0.4, -0.2) is 52.6 Å². The Labute approximate surface area is 96.7 Å². The second-order valence-electron chi connectivity index (χ2n) is 3.99.